The Labute approximate surface area is 179 Å². The van der Waals surface area contributed by atoms with Crippen molar-refractivity contribution in [3.8, 4) is 17.5 Å². The Balaban J connectivity index is 1.76. The van der Waals surface area contributed by atoms with Gasteiger partial charge in [0, 0.05) is 36.1 Å². The molecule has 0 aliphatic carbocycles. The fourth-order valence-corrected chi connectivity index (χ4v) is 4.13. The molecule has 1 saturated heterocycles. The van der Waals surface area contributed by atoms with E-state index < -0.39 is 11.6 Å². The highest BCUT2D eigenvalue weighted by Gasteiger charge is 2.49. The van der Waals surface area contributed by atoms with Crippen molar-refractivity contribution in [2.45, 2.75) is 44.7 Å². The van der Waals surface area contributed by atoms with Gasteiger partial charge >= 0.3 is 0 Å². The predicted molar refractivity (Wildman–Crippen MR) is 115 cm³/mol. The molecule has 1 fully saturated rings. The van der Waals surface area contributed by atoms with Crippen molar-refractivity contribution in [2.75, 3.05) is 11.4 Å². The summed E-state index contributed by atoms with van der Waals surface area (Å²) < 4.78 is 0. The van der Waals surface area contributed by atoms with Gasteiger partial charge in [-0.3, -0.25) is 4.79 Å². The van der Waals surface area contributed by atoms with Gasteiger partial charge in [0.05, 0.1) is 11.1 Å². The van der Waals surface area contributed by atoms with Gasteiger partial charge in [0.15, 0.2) is 5.82 Å². The summed E-state index contributed by atoms with van der Waals surface area (Å²) >= 11 is 6.12. The lowest BCUT2D eigenvalue weighted by molar-refractivity contribution is -0.125. The van der Waals surface area contributed by atoms with Crippen molar-refractivity contribution < 1.29 is 4.79 Å². The number of pyridine rings is 1. The van der Waals surface area contributed by atoms with E-state index in [2.05, 4.69) is 26.3 Å². The third-order valence-electron chi connectivity index (χ3n) is 5.55. The van der Waals surface area contributed by atoms with Crippen molar-refractivity contribution in [1.29, 1.82) is 5.26 Å². The quantitative estimate of drug-likeness (QED) is 0.650. The average Bonchev–Trinajstić information content (AvgIpc) is 3.33. The van der Waals surface area contributed by atoms with Crippen LogP contribution >= 0.6 is 11.6 Å². The standard InChI is InChI=1S/C21H22ClN7O/c1-3-7-25-20(30)21(2)6-4-14(10-23)29(21)17-5-8-24-19(28-17)16-12-27-18-15(16)9-13(22)11-26-18/h5,8-9,11-12,14H,3-4,6-7H2,1-2H3,(H,25,30)(H,26,27)/t14-,21-/m1/s1. The molecule has 1 aliphatic rings. The largest absolute Gasteiger partial charge is 0.354 e. The first-order chi connectivity index (χ1) is 14.5. The highest BCUT2D eigenvalue weighted by Crippen LogP contribution is 2.38. The number of carbonyl (C=O) groups excluding carboxylic acids is 1. The highest BCUT2D eigenvalue weighted by atomic mass is 35.5. The summed E-state index contributed by atoms with van der Waals surface area (Å²) in [6.45, 7) is 4.47. The van der Waals surface area contributed by atoms with E-state index in [1.807, 2.05) is 24.8 Å². The maximum atomic E-state index is 13.0. The zero-order chi connectivity index (χ0) is 21.3. The van der Waals surface area contributed by atoms with Crippen molar-refractivity contribution in [3.05, 3.63) is 35.7 Å². The molecule has 0 spiro atoms. The van der Waals surface area contributed by atoms with Gasteiger partial charge in [-0.1, -0.05) is 18.5 Å². The molecule has 0 unspecified atom stereocenters. The lowest BCUT2D eigenvalue weighted by Crippen LogP contribution is -2.56. The summed E-state index contributed by atoms with van der Waals surface area (Å²) in [6, 6.07) is 5.43. The van der Waals surface area contributed by atoms with Gasteiger partial charge in [0.1, 0.15) is 23.0 Å². The number of hydrogen-bond acceptors (Lipinski definition) is 6. The van der Waals surface area contributed by atoms with Gasteiger partial charge in [0.2, 0.25) is 5.91 Å². The molecule has 8 nitrogen and oxygen atoms in total. The zero-order valence-electron chi connectivity index (χ0n) is 16.8. The normalized spacial score (nSPS) is 21.0. The van der Waals surface area contributed by atoms with E-state index in [9.17, 15) is 10.1 Å². The Hall–Kier alpha value is -3.18. The van der Waals surface area contributed by atoms with E-state index in [0.29, 0.717) is 41.7 Å². The molecule has 0 aromatic carbocycles. The van der Waals surface area contributed by atoms with Gasteiger partial charge in [-0.2, -0.15) is 5.26 Å². The Morgan fingerprint density at radius 1 is 1.50 bits per heavy atom. The SMILES string of the molecule is CCCNC(=O)[C@@]1(C)CC[C@H](C#N)N1c1ccnc(-c2c[nH]c3ncc(Cl)cc23)n1. The number of aromatic amines is 1. The second-order valence-electron chi connectivity index (χ2n) is 7.57. The molecule has 30 heavy (non-hydrogen) atoms. The first kappa shape index (κ1) is 20.1. The van der Waals surface area contributed by atoms with E-state index in [4.69, 9.17) is 16.6 Å². The van der Waals surface area contributed by atoms with Gasteiger partial charge in [-0.25, -0.2) is 15.0 Å². The third kappa shape index (κ3) is 3.35. The van der Waals surface area contributed by atoms with Crippen LogP contribution in [0.25, 0.3) is 22.4 Å². The number of nitriles is 1. The fourth-order valence-electron chi connectivity index (χ4n) is 3.97. The third-order valence-corrected chi connectivity index (χ3v) is 5.75. The number of halogens is 1. The van der Waals surface area contributed by atoms with Gasteiger partial charge < -0.3 is 15.2 Å². The monoisotopic (exact) mass is 423 g/mol. The minimum Gasteiger partial charge on any atom is -0.354 e. The molecule has 1 amide bonds. The van der Waals surface area contributed by atoms with Crippen molar-refractivity contribution >= 4 is 34.4 Å². The molecule has 9 heteroatoms. The lowest BCUT2D eigenvalue weighted by atomic mass is 9.97. The van der Waals surface area contributed by atoms with Crippen molar-refractivity contribution in [3.63, 3.8) is 0 Å². The van der Waals surface area contributed by atoms with Crippen LogP contribution in [0.4, 0.5) is 5.82 Å². The number of fused-ring (bicyclic) bond motifs is 1. The van der Waals surface area contributed by atoms with Crippen molar-refractivity contribution in [1.82, 2.24) is 25.3 Å². The summed E-state index contributed by atoms with van der Waals surface area (Å²) in [7, 11) is 0. The van der Waals surface area contributed by atoms with E-state index in [1.165, 1.54) is 0 Å². The summed E-state index contributed by atoms with van der Waals surface area (Å²) in [6.07, 6.45) is 7.02. The molecular formula is C21H22ClN7O. The number of nitrogens with one attached hydrogen (secondary N) is 2. The lowest BCUT2D eigenvalue weighted by Gasteiger charge is -2.36. The van der Waals surface area contributed by atoms with Gasteiger partial charge in [-0.15, -0.1) is 0 Å². The second-order valence-corrected chi connectivity index (χ2v) is 8.01. The van der Waals surface area contributed by atoms with Crippen LogP contribution in [0.5, 0.6) is 0 Å². The Bertz CT molecular complexity index is 1140. The van der Waals surface area contributed by atoms with Crippen LogP contribution < -0.4 is 10.2 Å². The first-order valence-corrected chi connectivity index (χ1v) is 10.3. The number of carbonyl (C=O) groups is 1. The summed E-state index contributed by atoms with van der Waals surface area (Å²) in [4.78, 5) is 31.3. The van der Waals surface area contributed by atoms with Crippen molar-refractivity contribution in [2.24, 2.45) is 0 Å². The number of anilines is 1. The number of H-pyrrole nitrogens is 1. The predicted octanol–water partition coefficient (Wildman–Crippen LogP) is 3.45. The first-order valence-electron chi connectivity index (χ1n) is 9.91. The van der Waals surface area contributed by atoms with Crippen LogP contribution in [0.15, 0.2) is 30.7 Å². The molecule has 0 bridgehead atoms. The Morgan fingerprint density at radius 2 is 2.33 bits per heavy atom. The van der Waals surface area contributed by atoms with Crippen LogP contribution in [0.1, 0.15) is 33.1 Å². The van der Waals surface area contributed by atoms with E-state index in [-0.39, 0.29) is 5.91 Å². The molecule has 2 N–H and O–H groups in total. The van der Waals surface area contributed by atoms with Crippen LogP contribution in [0.2, 0.25) is 5.02 Å². The minimum absolute atomic E-state index is 0.0923. The number of hydrogen-bond donors (Lipinski definition) is 2. The minimum atomic E-state index is -0.855. The van der Waals surface area contributed by atoms with Crippen LogP contribution in [0.3, 0.4) is 0 Å². The molecular weight excluding hydrogens is 402 g/mol. The second kappa shape index (κ2) is 7.92. The molecule has 3 aromatic rings. The Kier molecular flexibility index (Phi) is 5.31. The van der Waals surface area contributed by atoms with E-state index in [1.54, 1.807) is 24.7 Å². The molecule has 2 atom stereocenters. The average molecular weight is 424 g/mol. The van der Waals surface area contributed by atoms with Crippen LogP contribution in [0, 0.1) is 11.3 Å². The maximum absolute atomic E-state index is 13.0. The molecule has 3 aromatic heterocycles. The van der Waals surface area contributed by atoms with Gasteiger partial charge in [0.25, 0.3) is 0 Å². The summed E-state index contributed by atoms with van der Waals surface area (Å²) in [5.74, 6) is 0.926. The smallest absolute Gasteiger partial charge is 0.245 e. The molecule has 0 radical (unpaired) electrons. The van der Waals surface area contributed by atoms with E-state index in [0.717, 1.165) is 17.4 Å². The van der Waals surface area contributed by atoms with E-state index >= 15 is 0 Å². The summed E-state index contributed by atoms with van der Waals surface area (Å²) in [5.41, 5.74) is 0.585. The molecule has 4 rings (SSSR count). The number of aromatic nitrogens is 4. The molecule has 1 aliphatic heterocycles. The number of rotatable bonds is 5. The fraction of sp³-hybridized carbons (Fsp3) is 0.381. The van der Waals surface area contributed by atoms with Crippen LogP contribution in [-0.4, -0.2) is 44.0 Å². The number of amides is 1. The molecule has 0 saturated carbocycles. The van der Waals surface area contributed by atoms with Crippen LogP contribution in [-0.2, 0) is 4.79 Å². The molecule has 154 valence electrons. The molecule has 4 heterocycles. The van der Waals surface area contributed by atoms with Gasteiger partial charge in [-0.05, 0) is 38.3 Å². The highest BCUT2D eigenvalue weighted by molar-refractivity contribution is 6.31. The number of nitrogens with zero attached hydrogens (tertiary/aromatic N) is 5. The zero-order valence-corrected chi connectivity index (χ0v) is 17.6. The summed E-state index contributed by atoms with van der Waals surface area (Å²) in [5, 5.41) is 14.0. The maximum Gasteiger partial charge on any atom is 0.245 e. The topological polar surface area (TPSA) is 111 Å². The Morgan fingerprint density at radius 3 is 3.10 bits per heavy atom.